The molecule has 3 amide bonds. The molecule has 0 aromatic heterocycles. The van der Waals surface area contributed by atoms with E-state index >= 15 is 0 Å². The van der Waals surface area contributed by atoms with E-state index in [1.165, 1.54) is 14.0 Å². The van der Waals surface area contributed by atoms with Crippen molar-refractivity contribution in [1.29, 1.82) is 0 Å². The number of carbonyl (C=O) groups is 2. The number of halogens is 1. The molecule has 20 heavy (non-hydrogen) atoms. The molecule has 1 unspecified atom stereocenters. The third kappa shape index (κ3) is 4.46. The second-order valence-electron chi connectivity index (χ2n) is 3.83. The molecule has 1 atom stereocenters. The van der Waals surface area contributed by atoms with E-state index in [1.807, 2.05) is 0 Å². The zero-order chi connectivity index (χ0) is 15.3. The fourth-order valence-corrected chi connectivity index (χ4v) is 1.84. The molecule has 1 aromatic carbocycles. The van der Waals surface area contributed by atoms with Gasteiger partial charge in [0.05, 0.1) is 5.56 Å². The van der Waals surface area contributed by atoms with Gasteiger partial charge in [-0.15, -0.1) is 0 Å². The van der Waals surface area contributed by atoms with Crippen LogP contribution in [0.15, 0.2) is 22.7 Å². The van der Waals surface area contributed by atoms with Crippen LogP contribution in [-0.4, -0.2) is 30.1 Å². The van der Waals surface area contributed by atoms with Crippen molar-refractivity contribution in [3.05, 3.63) is 28.2 Å². The second kappa shape index (κ2) is 7.20. The maximum atomic E-state index is 11.7. The molecular formula is C12H14BrN3O3S. The van der Waals surface area contributed by atoms with Crippen molar-refractivity contribution in [1.82, 2.24) is 10.6 Å². The van der Waals surface area contributed by atoms with Crippen LogP contribution in [0.5, 0.6) is 5.75 Å². The highest BCUT2D eigenvalue weighted by Crippen LogP contribution is 2.24. The summed E-state index contributed by atoms with van der Waals surface area (Å²) in [5.41, 5.74) is 6.11. The summed E-state index contributed by atoms with van der Waals surface area (Å²) < 4.78 is 6.28. The lowest BCUT2D eigenvalue weighted by molar-refractivity contribution is -0.126. The van der Waals surface area contributed by atoms with E-state index in [4.69, 9.17) is 22.7 Å². The first-order chi connectivity index (χ1) is 9.35. The summed E-state index contributed by atoms with van der Waals surface area (Å²) in [6.07, 6.45) is -0.874. The number of imide groups is 1. The Hall–Kier alpha value is -1.67. The van der Waals surface area contributed by atoms with Crippen LogP contribution in [0.4, 0.5) is 4.79 Å². The summed E-state index contributed by atoms with van der Waals surface area (Å²) in [6, 6.07) is 4.47. The molecule has 0 aliphatic carbocycles. The smallest absolute Gasteiger partial charge is 0.321 e. The first-order valence-electron chi connectivity index (χ1n) is 5.63. The molecule has 0 spiro atoms. The predicted octanol–water partition coefficient (Wildman–Crippen LogP) is 1.31. The third-order valence-corrected chi connectivity index (χ3v) is 3.06. The second-order valence-corrected chi connectivity index (χ2v) is 5.19. The molecule has 108 valence electrons. The van der Waals surface area contributed by atoms with E-state index < -0.39 is 18.0 Å². The number of rotatable bonds is 4. The van der Waals surface area contributed by atoms with Gasteiger partial charge in [-0.2, -0.15) is 0 Å². The standard InChI is InChI=1S/C12H14BrN3O3S/c1-6(11(17)16-12(18)15-2)19-9-4-3-7(13)5-8(9)10(14)20/h3-6H,1-2H3,(H2,14,20)(H2,15,16,17,18). The van der Waals surface area contributed by atoms with Gasteiger partial charge in [-0.25, -0.2) is 4.79 Å². The highest BCUT2D eigenvalue weighted by atomic mass is 79.9. The fraction of sp³-hybridized carbons (Fsp3) is 0.250. The average Bonchev–Trinajstić information content (AvgIpc) is 2.40. The number of ether oxygens (including phenoxy) is 1. The number of carbonyl (C=O) groups excluding carboxylic acids is 2. The molecule has 0 fully saturated rings. The average molecular weight is 360 g/mol. The predicted molar refractivity (Wildman–Crippen MR) is 82.7 cm³/mol. The Kier molecular flexibility index (Phi) is 5.90. The molecule has 6 nitrogen and oxygen atoms in total. The van der Waals surface area contributed by atoms with Crippen molar-refractivity contribution >= 4 is 45.1 Å². The van der Waals surface area contributed by atoms with Crippen molar-refractivity contribution in [3.8, 4) is 5.75 Å². The molecule has 0 saturated carbocycles. The number of amides is 3. The molecular weight excluding hydrogens is 346 g/mol. The normalized spacial score (nSPS) is 11.3. The molecule has 0 heterocycles. The van der Waals surface area contributed by atoms with Gasteiger partial charge in [-0.3, -0.25) is 10.1 Å². The lowest BCUT2D eigenvalue weighted by Crippen LogP contribution is -2.44. The molecule has 0 radical (unpaired) electrons. The quantitative estimate of drug-likeness (QED) is 0.704. The highest BCUT2D eigenvalue weighted by Gasteiger charge is 2.19. The Balaban J connectivity index is 2.85. The van der Waals surface area contributed by atoms with E-state index in [9.17, 15) is 9.59 Å². The SMILES string of the molecule is CNC(=O)NC(=O)C(C)Oc1ccc(Br)cc1C(N)=S. The number of thiocarbonyl (C=S) groups is 1. The number of nitrogens with one attached hydrogen (secondary N) is 2. The number of urea groups is 1. The molecule has 4 N–H and O–H groups in total. The van der Waals surface area contributed by atoms with Gasteiger partial charge in [0, 0.05) is 11.5 Å². The van der Waals surface area contributed by atoms with Crippen molar-refractivity contribution in [2.24, 2.45) is 5.73 Å². The van der Waals surface area contributed by atoms with Crippen molar-refractivity contribution in [2.45, 2.75) is 13.0 Å². The number of hydrogen-bond donors (Lipinski definition) is 3. The maximum absolute atomic E-state index is 11.7. The minimum Gasteiger partial charge on any atom is -0.480 e. The van der Waals surface area contributed by atoms with Crippen LogP contribution in [0, 0.1) is 0 Å². The largest absolute Gasteiger partial charge is 0.480 e. The minimum atomic E-state index is -0.874. The van der Waals surface area contributed by atoms with Crippen LogP contribution in [0.25, 0.3) is 0 Å². The first-order valence-corrected chi connectivity index (χ1v) is 6.84. The van der Waals surface area contributed by atoms with Crippen LogP contribution in [-0.2, 0) is 4.79 Å². The Morgan fingerprint density at radius 3 is 2.65 bits per heavy atom. The van der Waals surface area contributed by atoms with Crippen LogP contribution in [0.1, 0.15) is 12.5 Å². The number of benzene rings is 1. The lowest BCUT2D eigenvalue weighted by Gasteiger charge is -2.16. The van der Waals surface area contributed by atoms with Gasteiger partial charge in [-0.1, -0.05) is 28.1 Å². The van der Waals surface area contributed by atoms with Crippen molar-refractivity contribution in [3.63, 3.8) is 0 Å². The van der Waals surface area contributed by atoms with Gasteiger partial charge < -0.3 is 15.8 Å². The molecule has 8 heteroatoms. The summed E-state index contributed by atoms with van der Waals surface area (Å²) in [7, 11) is 1.41. The molecule has 0 aliphatic rings. The van der Waals surface area contributed by atoms with E-state index in [-0.39, 0.29) is 4.99 Å². The van der Waals surface area contributed by atoms with Gasteiger partial charge in [0.2, 0.25) is 0 Å². The van der Waals surface area contributed by atoms with Gasteiger partial charge in [0.25, 0.3) is 5.91 Å². The summed E-state index contributed by atoms with van der Waals surface area (Å²) in [5.74, 6) is -0.193. The van der Waals surface area contributed by atoms with Gasteiger partial charge in [0.15, 0.2) is 6.10 Å². The van der Waals surface area contributed by atoms with Crippen molar-refractivity contribution < 1.29 is 14.3 Å². The van der Waals surface area contributed by atoms with Crippen LogP contribution in [0.2, 0.25) is 0 Å². The molecule has 1 rings (SSSR count). The molecule has 1 aromatic rings. The van der Waals surface area contributed by atoms with Crippen LogP contribution in [0.3, 0.4) is 0 Å². The van der Waals surface area contributed by atoms with Crippen LogP contribution >= 0.6 is 28.1 Å². The minimum absolute atomic E-state index is 0.153. The number of hydrogen-bond acceptors (Lipinski definition) is 4. The van der Waals surface area contributed by atoms with Gasteiger partial charge >= 0.3 is 6.03 Å². The summed E-state index contributed by atoms with van der Waals surface area (Å²) in [4.78, 5) is 22.9. The molecule has 0 aliphatic heterocycles. The Morgan fingerprint density at radius 1 is 1.45 bits per heavy atom. The van der Waals surface area contributed by atoms with Gasteiger partial charge in [-0.05, 0) is 25.1 Å². The summed E-state index contributed by atoms with van der Waals surface area (Å²) >= 11 is 8.23. The highest BCUT2D eigenvalue weighted by molar-refractivity contribution is 9.10. The van der Waals surface area contributed by atoms with E-state index in [1.54, 1.807) is 18.2 Å². The topological polar surface area (TPSA) is 93.5 Å². The first kappa shape index (κ1) is 16.4. The van der Waals surface area contributed by atoms with E-state index in [0.717, 1.165) is 4.47 Å². The number of nitrogens with two attached hydrogens (primary N) is 1. The van der Waals surface area contributed by atoms with E-state index in [2.05, 4.69) is 26.6 Å². The Labute approximate surface area is 130 Å². The van der Waals surface area contributed by atoms with Crippen LogP contribution < -0.4 is 21.1 Å². The van der Waals surface area contributed by atoms with Crippen molar-refractivity contribution in [2.75, 3.05) is 7.05 Å². The monoisotopic (exact) mass is 359 g/mol. The lowest BCUT2D eigenvalue weighted by atomic mass is 10.2. The molecule has 0 bridgehead atoms. The fourth-order valence-electron chi connectivity index (χ4n) is 1.32. The summed E-state index contributed by atoms with van der Waals surface area (Å²) in [5, 5.41) is 4.40. The Morgan fingerprint density at radius 2 is 2.10 bits per heavy atom. The van der Waals surface area contributed by atoms with E-state index in [0.29, 0.717) is 11.3 Å². The van der Waals surface area contributed by atoms with Gasteiger partial charge in [0.1, 0.15) is 10.7 Å². The maximum Gasteiger partial charge on any atom is 0.321 e. The third-order valence-electron chi connectivity index (χ3n) is 2.34. The zero-order valence-corrected chi connectivity index (χ0v) is 13.3. The molecule has 0 saturated heterocycles. The zero-order valence-electron chi connectivity index (χ0n) is 10.9. The summed E-state index contributed by atoms with van der Waals surface area (Å²) in [6.45, 7) is 1.52. The Bertz CT molecular complexity index is 551.